The van der Waals surface area contributed by atoms with Gasteiger partial charge in [-0.25, -0.2) is 19.2 Å². The number of nitrogens with one attached hydrogen (secondary N) is 4. The molecule has 30 heteroatoms. The number of hydrogen-bond acceptors (Lipinski definition) is 22. The fourth-order valence-electron chi connectivity index (χ4n) is 13.7. The maximum Gasteiger partial charge on any atom is 0.373 e. The van der Waals surface area contributed by atoms with E-state index in [1.165, 1.54) is 16.2 Å². The van der Waals surface area contributed by atoms with Gasteiger partial charge in [0.25, 0.3) is 5.91 Å². The zero-order chi connectivity index (χ0) is 97.6. The van der Waals surface area contributed by atoms with E-state index in [4.69, 9.17) is 82.6 Å². The van der Waals surface area contributed by atoms with Gasteiger partial charge in [0.15, 0.2) is 0 Å². The predicted molar refractivity (Wildman–Crippen MR) is 540 cm³/mol. The molecule has 0 aromatic heterocycles. The van der Waals surface area contributed by atoms with Crippen molar-refractivity contribution in [3.8, 4) is 23.0 Å². The van der Waals surface area contributed by atoms with Crippen molar-refractivity contribution in [1.82, 2.24) is 14.7 Å². The van der Waals surface area contributed by atoms with Crippen molar-refractivity contribution >= 4 is 119 Å². The van der Waals surface area contributed by atoms with Crippen LogP contribution >= 0.6 is 0 Å². The lowest BCUT2D eigenvalue weighted by Crippen LogP contribution is -2.41. The SMILES string of the molecule is C.C.C.C.C=CCN(CC(=O)OCC)C(=O)/C(C)=C/c1ccc(C(=O)Oc2ccc(CC(=N)N)cc2)cc1.CC1CCCCN1C(=O)/C=C/c1ccc(C(=O)Oc2ccc(CC(=N)N)cc2)cc1.CCC1CCCN1C(=O)/C=C/c1ccc(C(=O)Oc2ccc(CC(=N)N)cc2)cc1.CCOC(=O)CN(C(=O)/C(C)=C/c1ccc(C(=O)Oc2ccc(CC(=N)N)cc2)cc1)c1ccccc1.O=C=O. The molecule has 2 heterocycles. The molecular weight excluding hydrogens is 1750 g/mol. The quantitative estimate of drug-likeness (QED) is 0.00464. The van der Waals surface area contributed by atoms with Crippen molar-refractivity contribution in [2.24, 2.45) is 22.9 Å². The largest absolute Gasteiger partial charge is 0.465 e. The van der Waals surface area contributed by atoms with Crippen molar-refractivity contribution in [3.63, 3.8) is 0 Å². The average Bonchev–Trinajstić information content (AvgIpc) is 0.935. The second-order valence-electron chi connectivity index (χ2n) is 30.8. The second-order valence-corrected chi connectivity index (χ2v) is 30.8. The Labute approximate surface area is 808 Å². The summed E-state index contributed by atoms with van der Waals surface area (Å²) in [6.07, 6.45) is 19.7. The van der Waals surface area contributed by atoms with Crippen LogP contribution in [0.25, 0.3) is 24.3 Å². The number of carbonyl (C=O) groups is 10. The first kappa shape index (κ1) is 116. The van der Waals surface area contributed by atoms with Crippen LogP contribution in [-0.2, 0) is 73.5 Å². The van der Waals surface area contributed by atoms with Crippen LogP contribution in [0.5, 0.6) is 23.0 Å². The number of nitrogens with zero attached hydrogens (tertiary/aromatic N) is 4. The minimum atomic E-state index is -0.521. The summed E-state index contributed by atoms with van der Waals surface area (Å²) in [5, 5.41) is 29.3. The molecule has 2 aliphatic rings. The summed E-state index contributed by atoms with van der Waals surface area (Å²) < 4.78 is 31.5. The van der Waals surface area contributed by atoms with Gasteiger partial charge in [-0.3, -0.25) is 55.3 Å². The van der Waals surface area contributed by atoms with Gasteiger partial charge >= 0.3 is 42.0 Å². The number of likely N-dealkylation sites (tertiary alicyclic amines) is 2. The molecule has 9 aromatic carbocycles. The third-order valence-corrected chi connectivity index (χ3v) is 20.4. The molecule has 2 unspecified atom stereocenters. The summed E-state index contributed by atoms with van der Waals surface area (Å²) in [6, 6.07) is 64.1. The number of para-hydroxylation sites is 1. The summed E-state index contributed by atoms with van der Waals surface area (Å²) in [5.74, 6) is -1.62. The summed E-state index contributed by atoms with van der Waals surface area (Å²) in [7, 11) is 0. The first-order chi connectivity index (χ1) is 64.3. The van der Waals surface area contributed by atoms with Gasteiger partial charge in [0.1, 0.15) is 36.1 Å². The predicted octanol–water partition coefficient (Wildman–Crippen LogP) is 17.3. The van der Waals surface area contributed by atoms with Crippen molar-refractivity contribution in [2.45, 2.75) is 148 Å². The molecule has 2 fully saturated rings. The van der Waals surface area contributed by atoms with Crippen LogP contribution in [0.15, 0.2) is 260 Å². The third-order valence-electron chi connectivity index (χ3n) is 20.4. The van der Waals surface area contributed by atoms with E-state index in [-0.39, 0.29) is 122 Å². The Kier molecular flexibility index (Phi) is 51.0. The molecule has 2 saturated heterocycles. The molecule has 728 valence electrons. The Morgan fingerprint density at radius 3 is 1.06 bits per heavy atom. The topological polar surface area (TPSA) is 473 Å². The number of hydrogen-bond donors (Lipinski definition) is 8. The number of nitrogens with two attached hydrogens (primary N) is 4. The maximum atomic E-state index is 13.2. The molecule has 4 amide bonds. The van der Waals surface area contributed by atoms with Gasteiger partial charge in [-0.15, -0.1) is 6.58 Å². The first-order valence-electron chi connectivity index (χ1n) is 43.2. The Balaban J connectivity index is 0.000000466. The second kappa shape index (κ2) is 60.7. The minimum absolute atomic E-state index is 0. The van der Waals surface area contributed by atoms with Crippen LogP contribution in [0.3, 0.4) is 0 Å². The molecule has 12 N–H and O–H groups in total. The van der Waals surface area contributed by atoms with Crippen LogP contribution < -0.4 is 46.8 Å². The smallest absolute Gasteiger partial charge is 0.373 e. The number of carbonyl (C=O) groups excluding carboxylic acids is 12. The molecule has 138 heavy (non-hydrogen) atoms. The number of esters is 6. The molecule has 0 spiro atoms. The molecule has 0 radical (unpaired) electrons. The average molecular weight is 1880 g/mol. The van der Waals surface area contributed by atoms with E-state index in [1.54, 1.807) is 289 Å². The van der Waals surface area contributed by atoms with Crippen LogP contribution in [0, 0.1) is 21.6 Å². The molecule has 0 aliphatic carbocycles. The molecule has 11 rings (SSSR count). The van der Waals surface area contributed by atoms with Crippen LogP contribution in [0.1, 0.15) is 196 Å². The van der Waals surface area contributed by atoms with Gasteiger partial charge in [-0.05, 0) is 251 Å². The fourth-order valence-corrected chi connectivity index (χ4v) is 13.7. The van der Waals surface area contributed by atoms with E-state index in [1.807, 2.05) is 15.9 Å². The standard InChI is InChI=1S/C29H29N3O5.C26H29N3O5.2C24H27N3O3.CO2.4CH4/c1-3-36-27(33)19-32(24-7-5-4-6-8-24)28(34)20(2)17-21-9-13-23(14-10-21)29(35)37-25-15-11-22(12-16-25)18-26(30)31;1-4-14-29(17-24(30)33-5-2)25(31)18(3)15-19-6-10-21(11-7-19)26(32)34-22-12-8-20(9-13-22)16-23(27)28;1-17-4-2-3-15-27(17)23(28)14-9-18-5-10-20(11-6-18)24(29)30-21-12-7-19(8-13-21)16-22(25)26;1-2-20-4-3-15-27(20)23(28)14-9-17-5-10-19(11-6-17)24(29)30-21-12-7-18(8-13-21)16-22(25)26;2-1-3;;;;/h4-17H,3,18-19H2,1-2H3,(H3,30,31);4,6-13,15H,1,5,14,16-17H2,2-3H3,(H3,27,28);5-14,17H,2-4,15-16H2,1H3,(H3,25,26);5-14,20H,2-4,15-16H2,1H3,(H3,25,26);;4*1H4/b20-17+;18-15+;2*14-9+;;;;;. The van der Waals surface area contributed by atoms with Gasteiger partial charge in [0.2, 0.25) is 17.7 Å². The first-order valence-corrected chi connectivity index (χ1v) is 43.2. The van der Waals surface area contributed by atoms with Crippen molar-refractivity contribution < 1.29 is 86.0 Å². The number of amides is 4. The van der Waals surface area contributed by atoms with Gasteiger partial charge in [0, 0.05) is 86.4 Å². The number of piperidine rings is 1. The lowest BCUT2D eigenvalue weighted by Gasteiger charge is -2.32. The lowest BCUT2D eigenvalue weighted by atomic mass is 10.0. The molecule has 9 aromatic rings. The number of benzene rings is 9. The van der Waals surface area contributed by atoms with Gasteiger partial charge in [-0.1, -0.05) is 158 Å². The number of amidine groups is 4. The Bertz CT molecular complexity index is 5580. The van der Waals surface area contributed by atoms with Crippen LogP contribution in [0.2, 0.25) is 0 Å². The monoisotopic (exact) mass is 1880 g/mol. The normalized spacial score (nSPS) is 12.7. The van der Waals surface area contributed by atoms with Crippen molar-refractivity contribution in [3.05, 3.63) is 327 Å². The van der Waals surface area contributed by atoms with E-state index in [9.17, 15) is 47.9 Å². The third kappa shape index (κ3) is 39.8. The molecule has 0 saturated carbocycles. The number of ether oxygens (including phenoxy) is 6. The Morgan fingerprint density at radius 2 is 0.739 bits per heavy atom. The summed E-state index contributed by atoms with van der Waals surface area (Å²) >= 11 is 0. The van der Waals surface area contributed by atoms with E-state index in [0.717, 1.165) is 78.6 Å². The van der Waals surface area contributed by atoms with E-state index < -0.39 is 35.8 Å². The number of rotatable bonds is 34. The molecule has 0 bridgehead atoms. The number of anilines is 1. The lowest BCUT2D eigenvalue weighted by molar-refractivity contribution is -0.192. The maximum absolute atomic E-state index is 13.2. The fraction of sp³-hybridized carbons (Fsp3) is 0.269. The summed E-state index contributed by atoms with van der Waals surface area (Å²) in [4.78, 5) is 147. The zero-order valence-electron chi connectivity index (χ0n) is 75.7. The van der Waals surface area contributed by atoms with Crippen LogP contribution in [-0.4, -0.2) is 162 Å². The minimum Gasteiger partial charge on any atom is -0.465 e. The summed E-state index contributed by atoms with van der Waals surface area (Å²) in [5.41, 5.74) is 31.1. The summed E-state index contributed by atoms with van der Waals surface area (Å²) in [6.45, 7) is 16.5. The van der Waals surface area contributed by atoms with Crippen molar-refractivity contribution in [1.29, 1.82) is 21.6 Å². The van der Waals surface area contributed by atoms with Gasteiger partial charge in [-0.2, -0.15) is 9.59 Å². The van der Waals surface area contributed by atoms with E-state index in [0.29, 0.717) is 105 Å². The highest BCUT2D eigenvalue weighted by Gasteiger charge is 2.27. The zero-order valence-corrected chi connectivity index (χ0v) is 75.7. The molecule has 2 aliphatic heterocycles. The van der Waals surface area contributed by atoms with Gasteiger partial charge < -0.3 is 66.1 Å². The molecule has 30 nitrogen and oxygen atoms in total. The van der Waals surface area contributed by atoms with E-state index >= 15 is 0 Å². The highest BCUT2D eigenvalue weighted by Crippen LogP contribution is 2.26. The van der Waals surface area contributed by atoms with E-state index in [2.05, 4.69) is 20.4 Å². The van der Waals surface area contributed by atoms with Crippen molar-refractivity contribution in [2.75, 3.05) is 50.8 Å². The molecule has 2 atom stereocenters. The molecular formula is C108H128N12O18. The highest BCUT2D eigenvalue weighted by molar-refractivity contribution is 6.10. The Morgan fingerprint density at radius 1 is 0.420 bits per heavy atom. The Hall–Kier alpha value is -16.4. The van der Waals surface area contributed by atoms with Crippen LogP contribution in [0.4, 0.5) is 5.69 Å². The highest BCUT2D eigenvalue weighted by atomic mass is 16.6. The van der Waals surface area contributed by atoms with Gasteiger partial charge in [0.05, 0.1) is 58.8 Å².